The van der Waals surface area contributed by atoms with E-state index in [0.717, 1.165) is 12.1 Å². The van der Waals surface area contributed by atoms with Crippen LogP contribution < -0.4 is 9.71 Å². The van der Waals surface area contributed by atoms with Gasteiger partial charge in [0.25, 0.3) is 10.0 Å². The van der Waals surface area contributed by atoms with Crippen LogP contribution in [0.2, 0.25) is 0 Å². The Bertz CT molecular complexity index is 597. The molecule has 0 unspecified atom stereocenters. The Kier molecular flexibility index (Phi) is 3.06. The number of aromatic amines is 1. The zero-order chi connectivity index (χ0) is 12.3. The highest BCUT2D eigenvalue weighted by Crippen LogP contribution is 2.14. The molecule has 0 aliphatic heterocycles. The molecule has 0 bridgehead atoms. The van der Waals surface area contributed by atoms with Crippen LogP contribution in [0, 0.1) is 5.82 Å². The molecule has 2 rings (SSSR count). The van der Waals surface area contributed by atoms with Gasteiger partial charge in [-0.25, -0.2) is 17.8 Å². The Morgan fingerprint density at radius 3 is 2.41 bits per heavy atom. The predicted octanol–water partition coefficient (Wildman–Crippen LogP) is 1.44. The number of rotatable bonds is 3. The van der Waals surface area contributed by atoms with Crippen LogP contribution in [0.3, 0.4) is 0 Å². The van der Waals surface area contributed by atoms with E-state index in [-0.39, 0.29) is 4.90 Å². The predicted molar refractivity (Wildman–Crippen MR) is 60.2 cm³/mol. The van der Waals surface area contributed by atoms with Crippen LogP contribution in [0.25, 0.3) is 0 Å². The average Bonchev–Trinajstić information content (AvgIpc) is 2.30. The molecule has 0 amide bonds. The van der Waals surface area contributed by atoms with Gasteiger partial charge in [0.1, 0.15) is 11.5 Å². The Labute approximate surface area is 98.2 Å². The molecular formula is C11H10FN2O2S+. The number of benzene rings is 1. The second kappa shape index (κ2) is 4.50. The largest absolute Gasteiger partial charge is 0.274 e. The van der Waals surface area contributed by atoms with E-state index >= 15 is 0 Å². The van der Waals surface area contributed by atoms with Crippen molar-refractivity contribution < 1.29 is 17.8 Å². The number of H-pyrrole nitrogens is 1. The summed E-state index contributed by atoms with van der Waals surface area (Å²) in [5.41, 5.74) is 0.414. The second-order valence-electron chi connectivity index (χ2n) is 3.35. The maximum atomic E-state index is 12.7. The minimum Gasteiger partial charge on any atom is -0.274 e. The van der Waals surface area contributed by atoms with Crippen LogP contribution in [0.1, 0.15) is 0 Å². The lowest BCUT2D eigenvalue weighted by molar-refractivity contribution is -0.376. The van der Waals surface area contributed by atoms with E-state index in [1.165, 1.54) is 18.3 Å². The van der Waals surface area contributed by atoms with E-state index in [2.05, 4.69) is 9.71 Å². The highest BCUT2D eigenvalue weighted by atomic mass is 32.2. The standard InChI is InChI=1S/C11H9FN2O2S/c12-9-3-5-11(6-4-9)17(15,16)14-10-2-1-7-13-8-10/h1-8,14H/p+1. The SMILES string of the molecule is O=S(=O)(Nc1ccc[nH+]c1)c1ccc(F)cc1. The van der Waals surface area contributed by atoms with Crippen molar-refractivity contribution in [2.24, 2.45) is 0 Å². The van der Waals surface area contributed by atoms with E-state index in [1.54, 1.807) is 18.3 Å². The minimum absolute atomic E-state index is 0.0164. The molecule has 4 nitrogen and oxygen atoms in total. The first kappa shape index (κ1) is 11.5. The summed E-state index contributed by atoms with van der Waals surface area (Å²) in [6.45, 7) is 0. The maximum absolute atomic E-state index is 12.7. The van der Waals surface area contributed by atoms with Crippen molar-refractivity contribution >= 4 is 15.7 Å². The number of pyridine rings is 1. The lowest BCUT2D eigenvalue weighted by Gasteiger charge is -2.05. The van der Waals surface area contributed by atoms with Crippen molar-refractivity contribution in [2.45, 2.75) is 4.90 Å². The minimum atomic E-state index is -3.67. The lowest BCUT2D eigenvalue weighted by Crippen LogP contribution is -2.14. The highest BCUT2D eigenvalue weighted by molar-refractivity contribution is 7.92. The Morgan fingerprint density at radius 1 is 1.12 bits per heavy atom. The zero-order valence-electron chi connectivity index (χ0n) is 8.72. The number of hydrogen-bond acceptors (Lipinski definition) is 2. The first-order valence-corrected chi connectivity index (χ1v) is 6.31. The van der Waals surface area contributed by atoms with Crippen LogP contribution in [0.5, 0.6) is 0 Å². The molecule has 0 atom stereocenters. The molecule has 88 valence electrons. The summed E-state index contributed by atoms with van der Waals surface area (Å²) < 4.78 is 38.8. The van der Waals surface area contributed by atoms with Crippen molar-refractivity contribution in [2.75, 3.05) is 4.72 Å². The summed E-state index contributed by atoms with van der Waals surface area (Å²) in [4.78, 5) is 2.77. The third-order valence-corrected chi connectivity index (χ3v) is 3.48. The molecule has 2 aromatic rings. The second-order valence-corrected chi connectivity index (χ2v) is 5.03. The van der Waals surface area contributed by atoms with Gasteiger partial charge < -0.3 is 0 Å². The van der Waals surface area contributed by atoms with Crippen molar-refractivity contribution in [3.8, 4) is 0 Å². The fourth-order valence-corrected chi connectivity index (χ4v) is 2.33. The van der Waals surface area contributed by atoms with Crippen LogP contribution in [-0.2, 0) is 10.0 Å². The molecule has 17 heavy (non-hydrogen) atoms. The number of halogens is 1. The first-order valence-electron chi connectivity index (χ1n) is 4.82. The topological polar surface area (TPSA) is 60.3 Å². The molecule has 0 aliphatic carbocycles. The third-order valence-electron chi connectivity index (χ3n) is 2.08. The summed E-state index contributed by atoms with van der Waals surface area (Å²) in [6, 6.07) is 7.91. The van der Waals surface area contributed by atoms with Gasteiger partial charge in [0.15, 0.2) is 12.4 Å². The Hall–Kier alpha value is -1.95. The smallest absolute Gasteiger partial charge is 0.262 e. The van der Waals surface area contributed by atoms with Gasteiger partial charge in [-0.15, -0.1) is 0 Å². The summed E-state index contributed by atoms with van der Waals surface area (Å²) in [7, 11) is -3.67. The van der Waals surface area contributed by atoms with E-state index in [9.17, 15) is 12.8 Å². The molecule has 1 aromatic carbocycles. The zero-order valence-corrected chi connectivity index (χ0v) is 9.54. The summed E-state index contributed by atoms with van der Waals surface area (Å²) in [5.74, 6) is -0.475. The van der Waals surface area contributed by atoms with Gasteiger partial charge in [0.2, 0.25) is 0 Å². The highest BCUT2D eigenvalue weighted by Gasteiger charge is 2.14. The van der Waals surface area contributed by atoms with Crippen LogP contribution in [0.4, 0.5) is 10.1 Å². The Morgan fingerprint density at radius 2 is 1.82 bits per heavy atom. The Balaban J connectivity index is 2.29. The van der Waals surface area contributed by atoms with Gasteiger partial charge in [-0.05, 0) is 30.3 Å². The number of aromatic nitrogens is 1. The van der Waals surface area contributed by atoms with E-state index in [0.29, 0.717) is 5.69 Å². The molecule has 6 heteroatoms. The molecule has 0 saturated heterocycles. The number of sulfonamides is 1. The van der Waals surface area contributed by atoms with Gasteiger partial charge in [0, 0.05) is 6.07 Å². The summed E-state index contributed by atoms with van der Waals surface area (Å²) in [6.07, 6.45) is 3.18. The fourth-order valence-electron chi connectivity index (χ4n) is 1.28. The van der Waals surface area contributed by atoms with Crippen molar-refractivity contribution in [1.29, 1.82) is 0 Å². The van der Waals surface area contributed by atoms with Gasteiger partial charge >= 0.3 is 0 Å². The third kappa shape index (κ3) is 2.79. The lowest BCUT2D eigenvalue weighted by atomic mass is 10.4. The van der Waals surface area contributed by atoms with Crippen LogP contribution in [-0.4, -0.2) is 8.42 Å². The number of nitrogens with one attached hydrogen (secondary N) is 2. The van der Waals surface area contributed by atoms with Crippen molar-refractivity contribution in [3.63, 3.8) is 0 Å². The quantitative estimate of drug-likeness (QED) is 0.899. The van der Waals surface area contributed by atoms with Crippen LogP contribution in [0.15, 0.2) is 53.7 Å². The summed E-state index contributed by atoms with van der Waals surface area (Å²) in [5, 5.41) is 0. The maximum Gasteiger partial charge on any atom is 0.262 e. The fraction of sp³-hybridized carbons (Fsp3) is 0. The van der Waals surface area contributed by atoms with E-state index in [4.69, 9.17) is 0 Å². The normalized spacial score (nSPS) is 11.1. The first-order chi connectivity index (χ1) is 8.08. The molecule has 1 aromatic heterocycles. The van der Waals surface area contributed by atoms with Crippen LogP contribution >= 0.6 is 0 Å². The van der Waals surface area contributed by atoms with Crippen molar-refractivity contribution in [3.05, 3.63) is 54.6 Å². The van der Waals surface area contributed by atoms with Gasteiger partial charge in [0.05, 0.1) is 4.90 Å². The molecule has 0 saturated carbocycles. The molecule has 0 fully saturated rings. The van der Waals surface area contributed by atoms with E-state index < -0.39 is 15.8 Å². The summed E-state index contributed by atoms with van der Waals surface area (Å²) >= 11 is 0. The number of hydrogen-bond donors (Lipinski definition) is 1. The van der Waals surface area contributed by atoms with E-state index in [1.807, 2.05) is 0 Å². The van der Waals surface area contributed by atoms with Gasteiger partial charge in [-0.3, -0.25) is 4.72 Å². The monoisotopic (exact) mass is 253 g/mol. The molecule has 1 heterocycles. The molecule has 0 spiro atoms. The number of anilines is 1. The van der Waals surface area contributed by atoms with Gasteiger partial charge in [-0.1, -0.05) is 0 Å². The molecule has 0 radical (unpaired) electrons. The molecule has 0 aliphatic rings. The molecule has 2 N–H and O–H groups in total. The molecular weight excluding hydrogens is 243 g/mol. The average molecular weight is 253 g/mol. The van der Waals surface area contributed by atoms with Gasteiger partial charge in [-0.2, -0.15) is 0 Å². The van der Waals surface area contributed by atoms with Crippen molar-refractivity contribution in [1.82, 2.24) is 0 Å².